The number of ether oxygens (including phenoxy) is 1. The van der Waals surface area contributed by atoms with Crippen molar-refractivity contribution in [3.05, 3.63) is 64.4 Å². The van der Waals surface area contributed by atoms with Gasteiger partial charge in [0.2, 0.25) is 10.0 Å². The van der Waals surface area contributed by atoms with E-state index in [0.29, 0.717) is 0 Å². The molecule has 2 aromatic carbocycles. The molecule has 0 fully saturated rings. The van der Waals surface area contributed by atoms with E-state index in [1.165, 1.54) is 68.5 Å². The summed E-state index contributed by atoms with van der Waals surface area (Å²) in [6, 6.07) is 9.36. The smallest absolute Gasteiger partial charge is 0.338 e. The van der Waals surface area contributed by atoms with Crippen molar-refractivity contribution in [1.82, 2.24) is 9.21 Å². The fourth-order valence-electron chi connectivity index (χ4n) is 2.30. The predicted molar refractivity (Wildman–Crippen MR) is 105 cm³/mol. The molecule has 0 saturated heterocycles. The highest BCUT2D eigenvalue weighted by molar-refractivity contribution is 7.89. The van der Waals surface area contributed by atoms with Crippen molar-refractivity contribution in [1.29, 1.82) is 0 Å². The maximum absolute atomic E-state index is 13.8. The maximum Gasteiger partial charge on any atom is 0.338 e. The number of halogens is 2. The summed E-state index contributed by atoms with van der Waals surface area (Å²) in [5.74, 6) is -1.88. The number of carbonyl (C=O) groups excluding carboxylic acids is 2. The minimum absolute atomic E-state index is 0.0247. The van der Waals surface area contributed by atoms with Gasteiger partial charge in [0.25, 0.3) is 5.91 Å². The molecule has 0 spiro atoms. The van der Waals surface area contributed by atoms with Gasteiger partial charge in [-0.3, -0.25) is 4.79 Å². The monoisotopic (exact) mass is 442 g/mol. The minimum atomic E-state index is -3.61. The molecule has 0 aliphatic heterocycles. The Kier molecular flexibility index (Phi) is 7.34. The molecular weight excluding hydrogens is 423 g/mol. The number of hydrogen-bond donors (Lipinski definition) is 0. The number of benzene rings is 2. The first-order valence-electron chi connectivity index (χ1n) is 8.40. The summed E-state index contributed by atoms with van der Waals surface area (Å²) in [4.78, 5) is 25.5. The summed E-state index contributed by atoms with van der Waals surface area (Å²) in [6.45, 7) is -0.641. The Labute approximate surface area is 173 Å². The first kappa shape index (κ1) is 22.8. The Balaban J connectivity index is 1.97. The number of hydrogen-bond acceptors (Lipinski definition) is 5. The lowest BCUT2D eigenvalue weighted by Crippen LogP contribution is -2.31. The fraction of sp³-hybridized carbons (Fsp3) is 0.263. The first-order valence-corrected chi connectivity index (χ1v) is 10.2. The highest BCUT2D eigenvalue weighted by atomic mass is 35.5. The molecule has 7 nitrogen and oxygen atoms in total. The number of amides is 1. The molecule has 0 saturated carbocycles. The molecule has 0 aliphatic carbocycles. The minimum Gasteiger partial charge on any atom is -0.452 e. The molecule has 0 N–H and O–H groups in total. The Morgan fingerprint density at radius 2 is 1.69 bits per heavy atom. The van der Waals surface area contributed by atoms with Crippen LogP contribution in [0.1, 0.15) is 15.9 Å². The van der Waals surface area contributed by atoms with Crippen LogP contribution < -0.4 is 0 Å². The van der Waals surface area contributed by atoms with Gasteiger partial charge in [-0.15, -0.1) is 0 Å². The fourth-order valence-corrected chi connectivity index (χ4v) is 3.43. The summed E-state index contributed by atoms with van der Waals surface area (Å²) in [5.41, 5.74) is 0.254. The zero-order valence-electron chi connectivity index (χ0n) is 16.1. The van der Waals surface area contributed by atoms with Gasteiger partial charge < -0.3 is 9.64 Å². The number of rotatable bonds is 7. The third-order valence-corrected chi connectivity index (χ3v) is 6.26. The van der Waals surface area contributed by atoms with Crippen LogP contribution in [0.4, 0.5) is 4.39 Å². The van der Waals surface area contributed by atoms with Crippen molar-refractivity contribution in [2.75, 3.05) is 27.7 Å². The molecule has 0 atom stereocenters. The van der Waals surface area contributed by atoms with Gasteiger partial charge in [0.05, 0.1) is 10.5 Å². The molecule has 1 amide bonds. The normalized spacial score (nSPS) is 11.4. The molecule has 0 aliphatic rings. The zero-order chi connectivity index (χ0) is 21.8. The van der Waals surface area contributed by atoms with Crippen LogP contribution in [0.3, 0.4) is 0 Å². The van der Waals surface area contributed by atoms with Gasteiger partial charge in [0, 0.05) is 38.3 Å². The Morgan fingerprint density at radius 3 is 2.24 bits per heavy atom. The van der Waals surface area contributed by atoms with Crippen LogP contribution in [-0.4, -0.2) is 57.2 Å². The van der Waals surface area contributed by atoms with Gasteiger partial charge in [-0.1, -0.05) is 17.7 Å². The van der Waals surface area contributed by atoms with Crippen LogP contribution in [0.5, 0.6) is 0 Å². The van der Waals surface area contributed by atoms with Gasteiger partial charge in [0.1, 0.15) is 5.82 Å². The Bertz CT molecular complexity index is 990. The van der Waals surface area contributed by atoms with E-state index in [0.717, 1.165) is 4.31 Å². The van der Waals surface area contributed by atoms with Gasteiger partial charge >= 0.3 is 5.97 Å². The van der Waals surface area contributed by atoms with Crippen LogP contribution in [0.15, 0.2) is 47.4 Å². The lowest BCUT2D eigenvalue weighted by Gasteiger charge is -2.18. The Morgan fingerprint density at radius 1 is 1.07 bits per heavy atom. The third kappa shape index (κ3) is 5.53. The Hall–Kier alpha value is -2.49. The molecule has 0 radical (unpaired) electrons. The van der Waals surface area contributed by atoms with Crippen LogP contribution >= 0.6 is 11.6 Å². The standard InChI is InChI=1S/C19H20ClFN2O5S/c1-22(2)29(26,27)14-9-7-13(8-10-14)19(25)28-12-18(24)23(3)11-15-16(20)5-4-6-17(15)21/h4-10H,11-12H2,1-3H3. The number of carbonyl (C=O) groups is 2. The number of nitrogens with zero attached hydrogens (tertiary/aromatic N) is 2. The first-order chi connectivity index (χ1) is 13.5. The molecule has 0 aromatic heterocycles. The van der Waals surface area contributed by atoms with Crippen LogP contribution in [0.25, 0.3) is 0 Å². The van der Waals surface area contributed by atoms with Crippen molar-refractivity contribution >= 4 is 33.5 Å². The molecule has 0 unspecified atom stereocenters. The van der Waals surface area contributed by atoms with E-state index in [1.54, 1.807) is 0 Å². The van der Waals surface area contributed by atoms with E-state index >= 15 is 0 Å². The van der Waals surface area contributed by atoms with E-state index in [-0.39, 0.29) is 27.6 Å². The topological polar surface area (TPSA) is 84.0 Å². The second-order valence-corrected chi connectivity index (χ2v) is 8.90. The van der Waals surface area contributed by atoms with Crippen LogP contribution in [0.2, 0.25) is 5.02 Å². The zero-order valence-corrected chi connectivity index (χ0v) is 17.6. The van der Waals surface area contributed by atoms with E-state index in [1.807, 2.05) is 0 Å². The second kappa shape index (κ2) is 9.34. The van der Waals surface area contributed by atoms with Crippen molar-refractivity contribution in [3.63, 3.8) is 0 Å². The average molecular weight is 443 g/mol. The summed E-state index contributed by atoms with van der Waals surface area (Å²) >= 11 is 5.94. The van der Waals surface area contributed by atoms with Gasteiger partial charge in [-0.05, 0) is 36.4 Å². The summed E-state index contributed by atoms with van der Waals surface area (Å²) < 4.78 is 43.9. The number of sulfonamides is 1. The quantitative estimate of drug-likeness (QED) is 0.615. The SMILES string of the molecule is CN(Cc1c(F)cccc1Cl)C(=O)COC(=O)c1ccc(S(=O)(=O)N(C)C)cc1. The molecule has 0 heterocycles. The third-order valence-electron chi connectivity index (χ3n) is 4.08. The predicted octanol–water partition coefficient (Wildman–Crippen LogP) is 2.54. The largest absolute Gasteiger partial charge is 0.452 e. The van der Waals surface area contributed by atoms with Crippen LogP contribution in [0, 0.1) is 5.82 Å². The lowest BCUT2D eigenvalue weighted by molar-refractivity contribution is -0.133. The highest BCUT2D eigenvalue weighted by Crippen LogP contribution is 2.20. The van der Waals surface area contributed by atoms with Crippen LogP contribution in [-0.2, 0) is 26.1 Å². The molecule has 10 heteroatoms. The van der Waals surface area contributed by atoms with Gasteiger partial charge in [0.15, 0.2) is 6.61 Å². The maximum atomic E-state index is 13.8. The highest BCUT2D eigenvalue weighted by Gasteiger charge is 2.19. The lowest BCUT2D eigenvalue weighted by atomic mass is 10.2. The summed E-state index contributed by atoms with van der Waals surface area (Å²) in [6.07, 6.45) is 0. The second-order valence-electron chi connectivity index (χ2n) is 6.34. The van der Waals surface area contributed by atoms with E-state index in [4.69, 9.17) is 16.3 Å². The van der Waals surface area contributed by atoms with Crippen molar-refractivity contribution in [3.8, 4) is 0 Å². The molecule has 2 aromatic rings. The van der Waals surface area contributed by atoms with E-state index in [9.17, 15) is 22.4 Å². The van der Waals surface area contributed by atoms with Gasteiger partial charge in [-0.25, -0.2) is 21.9 Å². The molecule has 29 heavy (non-hydrogen) atoms. The van der Waals surface area contributed by atoms with E-state index in [2.05, 4.69) is 0 Å². The molecular formula is C19H20ClFN2O5S. The van der Waals surface area contributed by atoms with Crippen molar-refractivity contribution in [2.24, 2.45) is 0 Å². The number of likely N-dealkylation sites (N-methyl/N-ethyl adjacent to an activating group) is 1. The molecule has 2 rings (SSSR count). The number of esters is 1. The molecule has 156 valence electrons. The van der Waals surface area contributed by atoms with Crippen molar-refractivity contribution < 1.29 is 27.1 Å². The average Bonchev–Trinajstić information content (AvgIpc) is 2.68. The van der Waals surface area contributed by atoms with E-state index < -0.39 is 34.3 Å². The van der Waals surface area contributed by atoms with Gasteiger partial charge in [-0.2, -0.15) is 0 Å². The summed E-state index contributed by atoms with van der Waals surface area (Å²) in [7, 11) is 0.610. The van der Waals surface area contributed by atoms with Crippen molar-refractivity contribution in [2.45, 2.75) is 11.4 Å². The summed E-state index contributed by atoms with van der Waals surface area (Å²) in [5, 5.41) is 0.189. The molecule has 0 bridgehead atoms.